The van der Waals surface area contributed by atoms with E-state index in [9.17, 15) is 14.0 Å². The molecule has 0 aromatic heterocycles. The number of hydrogen-bond acceptors (Lipinski definition) is 2. The fourth-order valence-corrected chi connectivity index (χ4v) is 1.75. The zero-order chi connectivity index (χ0) is 12.4. The van der Waals surface area contributed by atoms with Gasteiger partial charge < -0.3 is 10.6 Å². The van der Waals surface area contributed by atoms with Crippen LogP contribution in [0.15, 0.2) is 24.3 Å². The van der Waals surface area contributed by atoms with E-state index >= 15 is 0 Å². The van der Waals surface area contributed by atoms with E-state index in [0.717, 1.165) is 5.56 Å². The van der Waals surface area contributed by atoms with Gasteiger partial charge >= 0.3 is 0 Å². The molecule has 2 N–H and O–H groups in total. The summed E-state index contributed by atoms with van der Waals surface area (Å²) in [5, 5.41) is 0. The molecule has 4 nitrogen and oxygen atoms in total. The van der Waals surface area contributed by atoms with Crippen molar-refractivity contribution in [1.82, 2.24) is 4.90 Å². The Morgan fingerprint density at radius 3 is 2.41 bits per heavy atom. The molecule has 0 bridgehead atoms. The van der Waals surface area contributed by atoms with Gasteiger partial charge in [0.15, 0.2) is 0 Å². The van der Waals surface area contributed by atoms with Crippen molar-refractivity contribution in [1.29, 1.82) is 0 Å². The summed E-state index contributed by atoms with van der Waals surface area (Å²) in [6.07, 6.45) is 0.228. The van der Waals surface area contributed by atoms with Crippen molar-refractivity contribution in [3.8, 4) is 0 Å². The van der Waals surface area contributed by atoms with Gasteiger partial charge in [0.05, 0.1) is 12.3 Å². The summed E-state index contributed by atoms with van der Waals surface area (Å²) in [7, 11) is 0. The van der Waals surface area contributed by atoms with E-state index in [4.69, 9.17) is 5.73 Å². The molecule has 1 saturated heterocycles. The third kappa shape index (κ3) is 2.61. The molecule has 90 valence electrons. The molecule has 1 fully saturated rings. The molecule has 5 heteroatoms. The van der Waals surface area contributed by atoms with Crippen LogP contribution in [0.2, 0.25) is 0 Å². The molecule has 17 heavy (non-hydrogen) atoms. The van der Waals surface area contributed by atoms with Gasteiger partial charge in [-0.1, -0.05) is 12.1 Å². The molecule has 2 rings (SSSR count). The molecule has 1 aromatic carbocycles. The van der Waals surface area contributed by atoms with Crippen LogP contribution < -0.4 is 5.73 Å². The highest BCUT2D eigenvalue weighted by Gasteiger charge is 2.33. The monoisotopic (exact) mass is 236 g/mol. The number of hydrogen-bond donors (Lipinski definition) is 1. The van der Waals surface area contributed by atoms with Gasteiger partial charge in [0.2, 0.25) is 11.8 Å². The molecule has 0 atom stereocenters. The van der Waals surface area contributed by atoms with Crippen molar-refractivity contribution in [2.24, 2.45) is 11.7 Å². The Kier molecular flexibility index (Phi) is 3.08. The maximum Gasteiger partial charge on any atom is 0.227 e. The van der Waals surface area contributed by atoms with Crippen LogP contribution >= 0.6 is 0 Å². The second-order valence-corrected chi connectivity index (χ2v) is 4.20. The number of benzene rings is 1. The molecular formula is C12H13FN2O2. The second-order valence-electron chi connectivity index (χ2n) is 4.20. The highest BCUT2D eigenvalue weighted by Crippen LogP contribution is 2.16. The van der Waals surface area contributed by atoms with Crippen LogP contribution in [0.1, 0.15) is 5.56 Å². The summed E-state index contributed by atoms with van der Waals surface area (Å²) >= 11 is 0. The molecule has 0 spiro atoms. The van der Waals surface area contributed by atoms with E-state index in [1.54, 1.807) is 17.0 Å². The first-order valence-electron chi connectivity index (χ1n) is 5.38. The van der Waals surface area contributed by atoms with Crippen molar-refractivity contribution in [2.45, 2.75) is 6.42 Å². The minimum absolute atomic E-state index is 0.0610. The average molecular weight is 236 g/mol. The number of rotatable bonds is 3. The SMILES string of the molecule is NC(=O)C1CN(C(=O)Cc2ccc(F)cc2)C1. The molecule has 0 aliphatic carbocycles. The lowest BCUT2D eigenvalue weighted by molar-refractivity contribution is -0.141. The molecule has 1 heterocycles. The summed E-state index contributed by atoms with van der Waals surface area (Å²) in [6.45, 7) is 0.796. The second kappa shape index (κ2) is 4.53. The van der Waals surface area contributed by atoms with E-state index in [1.165, 1.54) is 12.1 Å². The fraction of sp³-hybridized carbons (Fsp3) is 0.333. The average Bonchev–Trinajstić information content (AvgIpc) is 2.18. The molecule has 0 radical (unpaired) electrons. The van der Waals surface area contributed by atoms with Gasteiger partial charge in [0.1, 0.15) is 5.82 Å². The summed E-state index contributed by atoms with van der Waals surface area (Å²) in [6, 6.07) is 5.81. The Morgan fingerprint density at radius 1 is 1.29 bits per heavy atom. The molecular weight excluding hydrogens is 223 g/mol. The van der Waals surface area contributed by atoms with E-state index in [2.05, 4.69) is 0 Å². The topological polar surface area (TPSA) is 63.4 Å². The van der Waals surface area contributed by atoms with Crippen LogP contribution in [-0.2, 0) is 16.0 Å². The first-order valence-corrected chi connectivity index (χ1v) is 5.38. The summed E-state index contributed by atoms with van der Waals surface area (Å²) < 4.78 is 12.7. The lowest BCUT2D eigenvalue weighted by atomic mass is 9.98. The van der Waals surface area contributed by atoms with E-state index in [1.807, 2.05) is 0 Å². The number of likely N-dealkylation sites (tertiary alicyclic amines) is 1. The van der Waals surface area contributed by atoms with Gasteiger partial charge in [-0.05, 0) is 17.7 Å². The van der Waals surface area contributed by atoms with Crippen molar-refractivity contribution < 1.29 is 14.0 Å². The Morgan fingerprint density at radius 2 is 1.88 bits per heavy atom. The third-order valence-electron chi connectivity index (χ3n) is 2.91. The fourth-order valence-electron chi connectivity index (χ4n) is 1.75. The van der Waals surface area contributed by atoms with Crippen molar-refractivity contribution >= 4 is 11.8 Å². The number of halogens is 1. The van der Waals surface area contributed by atoms with E-state index in [-0.39, 0.29) is 30.0 Å². The lowest BCUT2D eigenvalue weighted by Crippen LogP contribution is -2.55. The number of primary amides is 1. The van der Waals surface area contributed by atoms with Gasteiger partial charge in [-0.25, -0.2) is 4.39 Å². The van der Waals surface area contributed by atoms with Crippen molar-refractivity contribution in [2.75, 3.05) is 13.1 Å². The Hall–Kier alpha value is -1.91. The number of nitrogens with two attached hydrogens (primary N) is 1. The number of amides is 2. The van der Waals surface area contributed by atoms with Crippen molar-refractivity contribution in [3.05, 3.63) is 35.6 Å². The van der Waals surface area contributed by atoms with Crippen LogP contribution in [0.25, 0.3) is 0 Å². The largest absolute Gasteiger partial charge is 0.369 e. The minimum Gasteiger partial charge on any atom is -0.369 e. The normalized spacial score (nSPS) is 15.5. The minimum atomic E-state index is -0.365. The highest BCUT2D eigenvalue weighted by atomic mass is 19.1. The molecule has 1 aliphatic rings. The predicted molar refractivity (Wildman–Crippen MR) is 59.4 cm³/mol. The van der Waals surface area contributed by atoms with Crippen LogP contribution in [0.4, 0.5) is 4.39 Å². The van der Waals surface area contributed by atoms with Gasteiger partial charge in [-0.15, -0.1) is 0 Å². The molecule has 0 saturated carbocycles. The van der Waals surface area contributed by atoms with E-state index < -0.39 is 0 Å². The molecule has 2 amide bonds. The third-order valence-corrected chi connectivity index (χ3v) is 2.91. The van der Waals surface area contributed by atoms with Crippen LogP contribution in [0, 0.1) is 11.7 Å². The first-order chi connectivity index (χ1) is 8.06. The maximum absolute atomic E-state index is 12.7. The van der Waals surface area contributed by atoms with Crippen LogP contribution in [0.3, 0.4) is 0 Å². The number of carbonyl (C=O) groups excluding carboxylic acids is 2. The molecule has 1 aromatic rings. The zero-order valence-electron chi connectivity index (χ0n) is 9.23. The van der Waals surface area contributed by atoms with E-state index in [0.29, 0.717) is 13.1 Å². The molecule has 1 aliphatic heterocycles. The summed E-state index contributed by atoms with van der Waals surface area (Å²) in [5.41, 5.74) is 5.87. The van der Waals surface area contributed by atoms with Gasteiger partial charge in [0.25, 0.3) is 0 Å². The lowest BCUT2D eigenvalue weighted by Gasteiger charge is -2.37. The molecule has 0 unspecified atom stereocenters. The Labute approximate surface area is 98.2 Å². The van der Waals surface area contributed by atoms with Crippen molar-refractivity contribution in [3.63, 3.8) is 0 Å². The quantitative estimate of drug-likeness (QED) is 0.821. The van der Waals surface area contributed by atoms with Crippen LogP contribution in [0.5, 0.6) is 0 Å². The maximum atomic E-state index is 12.7. The van der Waals surface area contributed by atoms with Gasteiger partial charge in [-0.2, -0.15) is 0 Å². The Balaban J connectivity index is 1.87. The summed E-state index contributed by atoms with van der Waals surface area (Å²) in [4.78, 5) is 24.1. The Bertz CT molecular complexity index is 438. The predicted octanol–water partition coefficient (Wildman–Crippen LogP) is 0.312. The van der Waals surface area contributed by atoms with Crippen LogP contribution in [-0.4, -0.2) is 29.8 Å². The zero-order valence-corrected chi connectivity index (χ0v) is 9.23. The number of carbonyl (C=O) groups is 2. The van der Waals surface area contributed by atoms with Gasteiger partial charge in [0, 0.05) is 13.1 Å². The summed E-state index contributed by atoms with van der Waals surface area (Å²) in [5.74, 6) is -0.962. The number of nitrogens with zero attached hydrogens (tertiary/aromatic N) is 1. The highest BCUT2D eigenvalue weighted by molar-refractivity contribution is 5.84. The smallest absolute Gasteiger partial charge is 0.227 e. The first kappa shape index (κ1) is 11.6. The standard InChI is InChI=1S/C12H13FN2O2/c13-10-3-1-8(2-4-10)5-11(16)15-6-9(7-15)12(14)17/h1-4,9H,5-7H2,(H2,14,17). The van der Waals surface area contributed by atoms with Gasteiger partial charge in [-0.3, -0.25) is 9.59 Å².